The minimum absolute atomic E-state index is 0.0701. The third-order valence-corrected chi connectivity index (χ3v) is 12.5. The molecule has 4 amide bonds. The van der Waals surface area contributed by atoms with E-state index in [-0.39, 0.29) is 35.2 Å². The summed E-state index contributed by atoms with van der Waals surface area (Å²) >= 11 is 0. The highest BCUT2D eigenvalue weighted by molar-refractivity contribution is 6.01. The summed E-state index contributed by atoms with van der Waals surface area (Å²) in [4.78, 5) is 75.2. The molecule has 396 valence electrons. The van der Waals surface area contributed by atoms with Crippen LogP contribution >= 0.6 is 0 Å². The van der Waals surface area contributed by atoms with Gasteiger partial charge < -0.3 is 30.7 Å². The fourth-order valence-electron chi connectivity index (χ4n) is 8.56. The van der Waals surface area contributed by atoms with Gasteiger partial charge in [-0.15, -0.1) is 0 Å². The van der Waals surface area contributed by atoms with Gasteiger partial charge in [0.1, 0.15) is 0 Å². The number of anilines is 3. The van der Waals surface area contributed by atoms with Crippen molar-refractivity contribution in [3.05, 3.63) is 305 Å². The van der Waals surface area contributed by atoms with E-state index in [1.807, 2.05) is 182 Å². The second-order valence-corrected chi connectivity index (χ2v) is 18.2. The average molecular weight is 1050 g/mol. The van der Waals surface area contributed by atoms with Crippen LogP contribution in [0.5, 0.6) is 0 Å². The summed E-state index contributed by atoms with van der Waals surface area (Å²) in [5, 5.41) is 17.7. The predicted octanol–water partition coefficient (Wildman–Crippen LogP) is 12.9. The number of hydrogen-bond donors (Lipinski definition) is 4. The molecule has 0 fully saturated rings. The number of carboxylic acid groups (broad SMARTS) is 1. The van der Waals surface area contributed by atoms with E-state index >= 15 is 0 Å². The van der Waals surface area contributed by atoms with Gasteiger partial charge in [0, 0.05) is 36.7 Å². The van der Waals surface area contributed by atoms with E-state index in [4.69, 9.17) is 9.84 Å². The molecule has 9 aromatic carbocycles. The number of carbonyl (C=O) groups is 6. The smallest absolute Gasteiger partial charge is 0.338 e. The van der Waals surface area contributed by atoms with E-state index in [0.717, 1.165) is 33.4 Å². The molecule has 12 heteroatoms. The molecule has 0 aliphatic rings. The number of carboxylic acids is 1. The van der Waals surface area contributed by atoms with Gasteiger partial charge in [-0.25, -0.2) is 9.59 Å². The fraction of sp³-hybridized carbons (Fsp3) is 0.104. The summed E-state index contributed by atoms with van der Waals surface area (Å²) in [6.07, 6.45) is 0. The summed E-state index contributed by atoms with van der Waals surface area (Å²) < 4.78 is 4.98. The molecule has 0 unspecified atom stereocenters. The second kappa shape index (κ2) is 28.6. The maximum atomic E-state index is 13.1. The molecule has 0 saturated heterocycles. The Morgan fingerprint density at radius 3 is 0.835 bits per heavy atom. The molecule has 79 heavy (non-hydrogen) atoms. The zero-order chi connectivity index (χ0) is 55.9. The van der Waals surface area contributed by atoms with Gasteiger partial charge in [-0.2, -0.15) is 0 Å². The van der Waals surface area contributed by atoms with E-state index in [9.17, 15) is 28.8 Å². The van der Waals surface area contributed by atoms with Crippen LogP contribution in [0.15, 0.2) is 255 Å². The zero-order valence-electron chi connectivity index (χ0n) is 43.9. The normalized spacial score (nSPS) is 10.5. The van der Waals surface area contributed by atoms with Crippen molar-refractivity contribution in [3.8, 4) is 0 Å². The van der Waals surface area contributed by atoms with Crippen LogP contribution in [0.4, 0.5) is 17.1 Å². The monoisotopic (exact) mass is 1050 g/mol. The standard InChI is InChI=1S/C23H22N2O2.C23H21NO3.C21H17NO3/c1-25(2)23(27)19-13-15-20(16-14-19)24-22(26)21(17-9-5-3-6-10-17)18-11-7-4-8-12-18;1-2-27-23(26)19-13-15-20(16-14-19)24-22(25)21(17-9-5-3-6-10-17)18-11-7-4-8-12-18;23-20(22-18-13-11-17(12-14-18)21(24)25)19(15-7-3-1-4-8-15)16-9-5-2-6-10-16/h3-16,21H,1-2H3,(H,24,26);3-16,21H,2H2,1H3,(H,24,25);1-14,19H,(H,22,23)(H,24,25). The minimum Gasteiger partial charge on any atom is -0.478 e. The number of esters is 1. The van der Waals surface area contributed by atoms with E-state index < -0.39 is 23.7 Å². The van der Waals surface area contributed by atoms with Gasteiger partial charge in [-0.3, -0.25) is 19.2 Å². The first kappa shape index (κ1) is 56.5. The summed E-state index contributed by atoms with van der Waals surface area (Å²) in [7, 11) is 3.42. The Morgan fingerprint density at radius 2 is 0.608 bits per heavy atom. The van der Waals surface area contributed by atoms with Crippen molar-refractivity contribution in [3.63, 3.8) is 0 Å². The number of rotatable bonds is 16. The Morgan fingerprint density at radius 1 is 0.367 bits per heavy atom. The molecular formula is C67H60N4O8. The van der Waals surface area contributed by atoms with Crippen molar-refractivity contribution in [2.45, 2.75) is 24.7 Å². The number of hydrogen-bond acceptors (Lipinski definition) is 7. The van der Waals surface area contributed by atoms with Gasteiger partial charge in [-0.05, 0) is 113 Å². The second-order valence-electron chi connectivity index (χ2n) is 18.2. The molecule has 0 bridgehead atoms. The van der Waals surface area contributed by atoms with Crippen LogP contribution in [-0.2, 0) is 19.1 Å². The van der Waals surface area contributed by atoms with Crippen molar-refractivity contribution in [2.75, 3.05) is 36.7 Å². The number of nitrogens with zero attached hydrogens (tertiary/aromatic N) is 1. The van der Waals surface area contributed by atoms with Crippen molar-refractivity contribution < 1.29 is 38.6 Å². The first-order chi connectivity index (χ1) is 38.4. The molecule has 9 aromatic rings. The number of nitrogens with one attached hydrogen (secondary N) is 3. The summed E-state index contributed by atoms with van der Waals surface area (Å²) in [5.41, 5.74) is 8.57. The topological polar surface area (TPSA) is 171 Å². The van der Waals surface area contributed by atoms with Crippen molar-refractivity contribution in [2.24, 2.45) is 0 Å². The molecule has 0 heterocycles. The highest BCUT2D eigenvalue weighted by atomic mass is 16.5. The molecular weight excluding hydrogens is 989 g/mol. The predicted molar refractivity (Wildman–Crippen MR) is 310 cm³/mol. The SMILES string of the molecule is CCOC(=O)c1ccc(NC(=O)C(c2ccccc2)c2ccccc2)cc1.CN(C)C(=O)c1ccc(NC(=O)C(c2ccccc2)c2ccccc2)cc1.O=C(O)c1ccc(NC(=O)C(c2ccccc2)c2ccccc2)cc1. The lowest BCUT2D eigenvalue weighted by Crippen LogP contribution is -2.23. The molecule has 9 rings (SSSR count). The van der Waals surface area contributed by atoms with Gasteiger partial charge in [-0.1, -0.05) is 182 Å². The Labute approximate surface area is 460 Å². The number of carbonyl (C=O) groups excluding carboxylic acids is 5. The van der Waals surface area contributed by atoms with E-state index in [2.05, 4.69) is 16.0 Å². The lowest BCUT2D eigenvalue weighted by molar-refractivity contribution is -0.117. The van der Waals surface area contributed by atoms with Crippen LogP contribution in [0.3, 0.4) is 0 Å². The molecule has 0 aliphatic carbocycles. The Balaban J connectivity index is 0.000000172. The summed E-state index contributed by atoms with van der Waals surface area (Å²) in [6.45, 7) is 2.09. The number of amides is 4. The number of aromatic carboxylic acids is 1. The van der Waals surface area contributed by atoms with E-state index in [1.54, 1.807) is 81.7 Å². The van der Waals surface area contributed by atoms with Crippen molar-refractivity contribution in [1.29, 1.82) is 0 Å². The third kappa shape index (κ3) is 16.2. The number of ether oxygens (including phenoxy) is 1. The van der Waals surface area contributed by atoms with Crippen molar-refractivity contribution in [1.82, 2.24) is 4.90 Å². The van der Waals surface area contributed by atoms with Gasteiger partial charge in [0.2, 0.25) is 17.7 Å². The molecule has 0 radical (unpaired) electrons. The van der Waals surface area contributed by atoms with Crippen LogP contribution in [0.2, 0.25) is 0 Å². The highest BCUT2D eigenvalue weighted by Gasteiger charge is 2.25. The minimum atomic E-state index is -0.996. The molecule has 0 aliphatic heterocycles. The van der Waals surface area contributed by atoms with Crippen LogP contribution < -0.4 is 16.0 Å². The molecule has 0 spiro atoms. The Bertz CT molecular complexity index is 3270. The first-order valence-electron chi connectivity index (χ1n) is 25.5. The van der Waals surface area contributed by atoms with Gasteiger partial charge in [0.05, 0.1) is 35.5 Å². The van der Waals surface area contributed by atoms with E-state index in [1.165, 1.54) is 17.0 Å². The van der Waals surface area contributed by atoms with Crippen LogP contribution in [0.1, 0.15) is 89.1 Å². The average Bonchev–Trinajstić information content (AvgIpc) is 3.48. The quantitative estimate of drug-likeness (QED) is 0.0693. The van der Waals surface area contributed by atoms with Gasteiger partial charge >= 0.3 is 11.9 Å². The molecule has 0 atom stereocenters. The largest absolute Gasteiger partial charge is 0.478 e. The lowest BCUT2D eigenvalue weighted by Gasteiger charge is -2.18. The summed E-state index contributed by atoms with van der Waals surface area (Å²) in [5.74, 6) is -3.12. The molecule has 0 saturated carbocycles. The van der Waals surface area contributed by atoms with E-state index in [0.29, 0.717) is 34.8 Å². The van der Waals surface area contributed by atoms with Crippen LogP contribution in [-0.4, -0.2) is 66.3 Å². The number of benzene rings is 9. The fourth-order valence-corrected chi connectivity index (χ4v) is 8.56. The zero-order valence-corrected chi connectivity index (χ0v) is 43.9. The highest BCUT2D eigenvalue weighted by Crippen LogP contribution is 2.29. The summed E-state index contributed by atoms with van der Waals surface area (Å²) in [6, 6.07) is 77.6. The Kier molecular flexibility index (Phi) is 20.5. The lowest BCUT2D eigenvalue weighted by atomic mass is 9.90. The van der Waals surface area contributed by atoms with Crippen LogP contribution in [0, 0.1) is 0 Å². The molecule has 0 aromatic heterocycles. The molecule has 12 nitrogen and oxygen atoms in total. The third-order valence-electron chi connectivity index (χ3n) is 12.5. The Hall–Kier alpha value is -10.2. The maximum Gasteiger partial charge on any atom is 0.338 e. The van der Waals surface area contributed by atoms with Crippen LogP contribution in [0.25, 0.3) is 0 Å². The van der Waals surface area contributed by atoms with Crippen molar-refractivity contribution >= 4 is 52.6 Å². The molecule has 4 N–H and O–H groups in total. The maximum absolute atomic E-state index is 13.1. The van der Waals surface area contributed by atoms with Gasteiger partial charge in [0.15, 0.2) is 0 Å². The first-order valence-corrected chi connectivity index (χ1v) is 25.5. The van der Waals surface area contributed by atoms with Gasteiger partial charge in [0.25, 0.3) is 5.91 Å².